The first-order valence-electron chi connectivity index (χ1n) is 11.1. The fraction of sp³-hybridized carbons (Fsp3) is 0.375. The lowest BCUT2D eigenvalue weighted by atomic mass is 10.2. The smallest absolute Gasteiger partial charge is 0.247 e. The fourth-order valence-electron chi connectivity index (χ4n) is 4.12. The van der Waals surface area contributed by atoms with Gasteiger partial charge in [-0.1, -0.05) is 0 Å². The van der Waals surface area contributed by atoms with E-state index >= 15 is 0 Å². The number of halogens is 1. The van der Waals surface area contributed by atoms with Crippen molar-refractivity contribution in [2.75, 3.05) is 44.6 Å². The molecule has 2 aromatic rings. The van der Waals surface area contributed by atoms with Crippen molar-refractivity contribution < 1.29 is 23.5 Å². The molecule has 0 bridgehead atoms. The highest BCUT2D eigenvalue weighted by Crippen LogP contribution is 2.24. The van der Waals surface area contributed by atoms with Gasteiger partial charge < -0.3 is 19.9 Å². The molecule has 33 heavy (non-hydrogen) atoms. The van der Waals surface area contributed by atoms with Crippen LogP contribution in [0.5, 0.6) is 11.5 Å². The van der Waals surface area contributed by atoms with Gasteiger partial charge in [0.05, 0.1) is 6.54 Å². The van der Waals surface area contributed by atoms with Crippen LogP contribution < -0.4 is 10.1 Å². The predicted molar refractivity (Wildman–Crippen MR) is 120 cm³/mol. The van der Waals surface area contributed by atoms with Gasteiger partial charge in [0.1, 0.15) is 23.4 Å². The predicted octanol–water partition coefficient (Wildman–Crippen LogP) is 2.32. The molecule has 0 unspecified atom stereocenters. The van der Waals surface area contributed by atoms with Gasteiger partial charge in [-0.2, -0.15) is 0 Å². The molecular formula is C24H27FN4O4. The molecule has 1 atom stereocenters. The van der Waals surface area contributed by atoms with E-state index in [0.717, 1.165) is 12.8 Å². The summed E-state index contributed by atoms with van der Waals surface area (Å²) in [6.45, 7) is 3.35. The molecule has 8 nitrogen and oxygen atoms in total. The van der Waals surface area contributed by atoms with Crippen molar-refractivity contribution in [1.29, 1.82) is 0 Å². The first-order chi connectivity index (χ1) is 16.0. The Hall–Kier alpha value is -3.46. The first-order valence-corrected chi connectivity index (χ1v) is 11.1. The van der Waals surface area contributed by atoms with Crippen LogP contribution in [0, 0.1) is 5.82 Å². The molecule has 0 saturated carbocycles. The quantitative estimate of drug-likeness (QED) is 0.650. The van der Waals surface area contributed by atoms with Gasteiger partial charge in [0.2, 0.25) is 18.2 Å². The third kappa shape index (κ3) is 5.87. The summed E-state index contributed by atoms with van der Waals surface area (Å²) in [5, 5.41) is 2.89. The van der Waals surface area contributed by atoms with E-state index in [2.05, 4.69) is 5.32 Å². The fourth-order valence-corrected chi connectivity index (χ4v) is 4.12. The molecule has 0 spiro atoms. The zero-order valence-corrected chi connectivity index (χ0v) is 18.3. The van der Waals surface area contributed by atoms with Crippen molar-refractivity contribution in [2.24, 2.45) is 0 Å². The van der Waals surface area contributed by atoms with Crippen LogP contribution in [-0.4, -0.2) is 78.2 Å². The van der Waals surface area contributed by atoms with Crippen LogP contribution in [0.25, 0.3) is 0 Å². The Labute approximate surface area is 191 Å². The summed E-state index contributed by atoms with van der Waals surface area (Å²) in [7, 11) is 0. The number of hydrogen-bond acceptors (Lipinski definition) is 5. The van der Waals surface area contributed by atoms with Crippen molar-refractivity contribution in [3.63, 3.8) is 0 Å². The molecule has 0 radical (unpaired) electrons. The molecule has 3 amide bonds. The second-order valence-corrected chi connectivity index (χ2v) is 8.23. The van der Waals surface area contributed by atoms with Gasteiger partial charge in [-0.05, 0) is 61.4 Å². The maximum atomic E-state index is 13.0. The Kier molecular flexibility index (Phi) is 7.19. The third-order valence-electron chi connectivity index (χ3n) is 5.96. The summed E-state index contributed by atoms with van der Waals surface area (Å²) in [6.07, 6.45) is 2.25. The van der Waals surface area contributed by atoms with Crippen LogP contribution in [0.1, 0.15) is 12.8 Å². The van der Waals surface area contributed by atoms with E-state index < -0.39 is 6.04 Å². The normalized spacial score (nSPS) is 18.8. The van der Waals surface area contributed by atoms with Crippen molar-refractivity contribution in [3.8, 4) is 11.5 Å². The summed E-state index contributed by atoms with van der Waals surface area (Å²) in [5.41, 5.74) is 0.607. The molecule has 0 aromatic heterocycles. The zero-order valence-electron chi connectivity index (χ0n) is 18.3. The van der Waals surface area contributed by atoms with Crippen molar-refractivity contribution in [3.05, 3.63) is 54.3 Å². The van der Waals surface area contributed by atoms with Gasteiger partial charge in [-0.25, -0.2) is 4.39 Å². The highest BCUT2D eigenvalue weighted by atomic mass is 19.1. The average Bonchev–Trinajstić information content (AvgIpc) is 3.33. The van der Waals surface area contributed by atoms with Gasteiger partial charge in [0, 0.05) is 38.4 Å². The minimum absolute atomic E-state index is 0.0600. The SMILES string of the molecule is O=CN1CCN(CC(=O)N2CCC[C@H]2C(=O)Nc2ccc(Oc3ccc(F)cc3)cc2)CC1. The molecule has 2 aliphatic rings. The monoisotopic (exact) mass is 454 g/mol. The number of piperazine rings is 1. The third-order valence-corrected chi connectivity index (χ3v) is 5.96. The number of likely N-dealkylation sites (tertiary alicyclic amines) is 1. The number of hydrogen-bond donors (Lipinski definition) is 1. The molecule has 4 rings (SSSR count). The lowest BCUT2D eigenvalue weighted by Gasteiger charge is -2.33. The largest absolute Gasteiger partial charge is 0.457 e. The summed E-state index contributed by atoms with van der Waals surface area (Å²) in [6, 6.07) is 12.1. The number of carbonyl (C=O) groups excluding carboxylic acids is 3. The van der Waals surface area contributed by atoms with Gasteiger partial charge in [-0.3, -0.25) is 19.3 Å². The van der Waals surface area contributed by atoms with Crippen LogP contribution in [0.15, 0.2) is 48.5 Å². The first kappa shape index (κ1) is 22.7. The second-order valence-electron chi connectivity index (χ2n) is 8.23. The maximum Gasteiger partial charge on any atom is 0.247 e. The number of nitrogens with one attached hydrogen (secondary N) is 1. The average molecular weight is 455 g/mol. The molecule has 2 aliphatic heterocycles. The molecule has 2 heterocycles. The summed E-state index contributed by atoms with van der Waals surface area (Å²) in [4.78, 5) is 42.0. The Bertz CT molecular complexity index is 975. The highest BCUT2D eigenvalue weighted by Gasteiger charge is 2.34. The van der Waals surface area contributed by atoms with E-state index in [1.54, 1.807) is 46.2 Å². The van der Waals surface area contributed by atoms with Crippen LogP contribution in [0.4, 0.5) is 10.1 Å². The van der Waals surface area contributed by atoms with E-state index in [4.69, 9.17) is 4.74 Å². The van der Waals surface area contributed by atoms with E-state index in [1.165, 1.54) is 12.1 Å². The van der Waals surface area contributed by atoms with Gasteiger partial charge in [-0.15, -0.1) is 0 Å². The summed E-state index contributed by atoms with van der Waals surface area (Å²) >= 11 is 0. The molecule has 2 aromatic carbocycles. The lowest BCUT2D eigenvalue weighted by molar-refractivity contribution is -0.138. The minimum atomic E-state index is -0.496. The summed E-state index contributed by atoms with van der Waals surface area (Å²) < 4.78 is 18.7. The summed E-state index contributed by atoms with van der Waals surface area (Å²) in [5.74, 6) is 0.474. The second kappa shape index (κ2) is 10.4. The van der Waals surface area contributed by atoms with Crippen LogP contribution in [0.3, 0.4) is 0 Å². The van der Waals surface area contributed by atoms with Gasteiger partial charge in [0.15, 0.2) is 0 Å². The van der Waals surface area contributed by atoms with Crippen molar-refractivity contribution in [1.82, 2.24) is 14.7 Å². The minimum Gasteiger partial charge on any atom is -0.457 e. The molecule has 9 heteroatoms. The Morgan fingerprint density at radius 1 is 0.970 bits per heavy atom. The molecular weight excluding hydrogens is 427 g/mol. The standard InChI is InChI=1S/C24H27FN4O4/c25-18-3-7-20(8-4-18)33-21-9-5-19(6-10-21)26-24(32)22-2-1-11-29(22)23(31)16-27-12-14-28(17-30)15-13-27/h3-10,17,22H,1-2,11-16H2,(H,26,32)/t22-/m0/s1. The van der Waals surface area contributed by atoms with Crippen molar-refractivity contribution >= 4 is 23.9 Å². The number of carbonyl (C=O) groups is 3. The number of nitrogens with zero attached hydrogens (tertiary/aromatic N) is 3. The number of rotatable bonds is 7. The molecule has 1 N–H and O–H groups in total. The van der Waals surface area contributed by atoms with Crippen LogP contribution in [-0.2, 0) is 14.4 Å². The molecule has 2 saturated heterocycles. The van der Waals surface area contributed by atoms with E-state index in [0.29, 0.717) is 56.3 Å². The Morgan fingerprint density at radius 3 is 2.24 bits per heavy atom. The van der Waals surface area contributed by atoms with E-state index in [-0.39, 0.29) is 24.2 Å². The topological polar surface area (TPSA) is 82.2 Å². The maximum absolute atomic E-state index is 13.0. The van der Waals surface area contributed by atoms with Gasteiger partial charge in [0.25, 0.3) is 0 Å². The molecule has 174 valence electrons. The number of benzene rings is 2. The zero-order chi connectivity index (χ0) is 23.2. The lowest BCUT2D eigenvalue weighted by Crippen LogP contribution is -2.51. The van der Waals surface area contributed by atoms with E-state index in [1.807, 2.05) is 4.90 Å². The number of amides is 3. The number of ether oxygens (including phenoxy) is 1. The Balaban J connectivity index is 1.30. The van der Waals surface area contributed by atoms with Crippen molar-refractivity contribution in [2.45, 2.75) is 18.9 Å². The number of anilines is 1. The van der Waals surface area contributed by atoms with Crippen LogP contribution >= 0.6 is 0 Å². The molecule has 0 aliphatic carbocycles. The highest BCUT2D eigenvalue weighted by molar-refractivity contribution is 5.97. The van der Waals surface area contributed by atoms with Crippen LogP contribution in [0.2, 0.25) is 0 Å². The Morgan fingerprint density at radius 2 is 1.61 bits per heavy atom. The van der Waals surface area contributed by atoms with Gasteiger partial charge >= 0.3 is 0 Å². The van der Waals surface area contributed by atoms with E-state index in [9.17, 15) is 18.8 Å². The molecule has 2 fully saturated rings.